The third-order valence-corrected chi connectivity index (χ3v) is 3.39. The first-order chi connectivity index (χ1) is 9.81. The second-order valence-corrected chi connectivity index (χ2v) is 4.95. The molecule has 0 aliphatic heterocycles. The number of halogens is 3. The van der Waals surface area contributed by atoms with Gasteiger partial charge in [0.1, 0.15) is 0 Å². The van der Waals surface area contributed by atoms with E-state index in [-0.39, 0.29) is 12.0 Å². The van der Waals surface area contributed by atoms with E-state index in [1.807, 2.05) is 13.0 Å². The molecule has 6 heteroatoms. The van der Waals surface area contributed by atoms with Gasteiger partial charge in [-0.1, -0.05) is 19.1 Å². The number of alkyl halides is 3. The normalized spacial score (nSPS) is 13.4. The lowest BCUT2D eigenvalue weighted by Gasteiger charge is -2.13. The van der Waals surface area contributed by atoms with E-state index in [0.29, 0.717) is 0 Å². The molecule has 0 aliphatic rings. The summed E-state index contributed by atoms with van der Waals surface area (Å²) < 4.78 is 39.7. The molecule has 0 aliphatic carbocycles. The highest BCUT2D eigenvalue weighted by Crippen LogP contribution is 2.31. The van der Waals surface area contributed by atoms with Crippen LogP contribution in [0.4, 0.5) is 13.2 Å². The second-order valence-electron chi connectivity index (χ2n) is 4.95. The zero-order valence-corrected chi connectivity index (χ0v) is 11.9. The lowest BCUT2D eigenvalue weighted by molar-refractivity contribution is -0.137. The van der Waals surface area contributed by atoms with Crippen LogP contribution in [-0.2, 0) is 26.1 Å². The first kappa shape index (κ1) is 15.6. The Morgan fingerprint density at radius 2 is 2.00 bits per heavy atom. The number of hydrogen-bond donors (Lipinski definition) is 1. The van der Waals surface area contributed by atoms with Gasteiger partial charge in [-0.3, -0.25) is 4.68 Å². The number of rotatable bonds is 4. The molecule has 2 rings (SSSR count). The van der Waals surface area contributed by atoms with Crippen molar-refractivity contribution >= 4 is 0 Å². The number of aromatic nitrogens is 2. The smallest absolute Gasteiger partial charge is 0.388 e. The van der Waals surface area contributed by atoms with Gasteiger partial charge in [0.25, 0.3) is 0 Å². The number of benzene rings is 1. The SMILES string of the molecule is CCc1cc(CC(O)c2cccc(C(F)(F)F)c2)n(C)n1. The Kier molecular flexibility index (Phi) is 4.37. The van der Waals surface area contributed by atoms with Gasteiger partial charge in [-0.2, -0.15) is 18.3 Å². The molecule has 114 valence electrons. The fourth-order valence-electron chi connectivity index (χ4n) is 2.17. The standard InChI is InChI=1S/C15H17F3N2O/c1-3-12-8-13(20(2)19-12)9-14(21)10-5-4-6-11(7-10)15(16,17)18/h4-8,14,21H,3,9H2,1-2H3. The Labute approximate surface area is 121 Å². The van der Waals surface area contributed by atoms with Crippen molar-refractivity contribution in [3.8, 4) is 0 Å². The molecule has 0 fully saturated rings. The average Bonchev–Trinajstić information content (AvgIpc) is 2.78. The van der Waals surface area contributed by atoms with Crippen LogP contribution in [0, 0.1) is 0 Å². The summed E-state index contributed by atoms with van der Waals surface area (Å²) in [5.41, 5.74) is 1.18. The number of aliphatic hydroxyl groups is 1. The third-order valence-electron chi connectivity index (χ3n) is 3.39. The fraction of sp³-hybridized carbons (Fsp3) is 0.400. The predicted octanol–water partition coefficient (Wildman–Crippen LogP) is 3.28. The van der Waals surface area contributed by atoms with E-state index in [4.69, 9.17) is 0 Å². The van der Waals surface area contributed by atoms with E-state index in [2.05, 4.69) is 5.10 Å². The summed E-state index contributed by atoms with van der Waals surface area (Å²) in [4.78, 5) is 0. The second kappa shape index (κ2) is 5.89. The number of nitrogens with zero attached hydrogens (tertiary/aromatic N) is 2. The highest BCUT2D eigenvalue weighted by Gasteiger charge is 2.30. The van der Waals surface area contributed by atoms with Crippen LogP contribution >= 0.6 is 0 Å². The van der Waals surface area contributed by atoms with E-state index in [9.17, 15) is 18.3 Å². The summed E-state index contributed by atoms with van der Waals surface area (Å²) >= 11 is 0. The Hall–Kier alpha value is -1.82. The zero-order valence-electron chi connectivity index (χ0n) is 11.9. The van der Waals surface area contributed by atoms with E-state index >= 15 is 0 Å². The van der Waals surface area contributed by atoms with Crippen molar-refractivity contribution < 1.29 is 18.3 Å². The molecule has 1 heterocycles. The van der Waals surface area contributed by atoms with E-state index in [0.717, 1.165) is 29.9 Å². The van der Waals surface area contributed by atoms with Crippen LogP contribution in [0.3, 0.4) is 0 Å². The van der Waals surface area contributed by atoms with Gasteiger partial charge >= 0.3 is 6.18 Å². The topological polar surface area (TPSA) is 38.0 Å². The van der Waals surface area contributed by atoms with E-state index in [1.54, 1.807) is 11.7 Å². The van der Waals surface area contributed by atoms with Gasteiger partial charge in [0.2, 0.25) is 0 Å². The molecular weight excluding hydrogens is 281 g/mol. The zero-order chi connectivity index (χ0) is 15.6. The quantitative estimate of drug-likeness (QED) is 0.940. The molecule has 1 unspecified atom stereocenters. The molecule has 1 atom stereocenters. The van der Waals surface area contributed by atoms with Crippen molar-refractivity contribution in [3.05, 3.63) is 52.8 Å². The summed E-state index contributed by atoms with van der Waals surface area (Å²) in [5, 5.41) is 14.4. The van der Waals surface area contributed by atoms with Crippen molar-refractivity contribution in [1.82, 2.24) is 9.78 Å². The summed E-state index contributed by atoms with van der Waals surface area (Å²) in [6, 6.07) is 6.65. The minimum Gasteiger partial charge on any atom is -0.388 e. The molecule has 0 bridgehead atoms. The Balaban J connectivity index is 2.20. The maximum absolute atomic E-state index is 12.7. The Morgan fingerprint density at radius 1 is 1.29 bits per heavy atom. The van der Waals surface area contributed by atoms with Crippen LogP contribution in [0.15, 0.2) is 30.3 Å². The van der Waals surface area contributed by atoms with Crippen molar-refractivity contribution in [2.75, 3.05) is 0 Å². The fourth-order valence-corrected chi connectivity index (χ4v) is 2.17. The molecule has 0 radical (unpaired) electrons. The van der Waals surface area contributed by atoms with Gasteiger partial charge in [-0.25, -0.2) is 0 Å². The van der Waals surface area contributed by atoms with E-state index < -0.39 is 17.8 Å². The minimum absolute atomic E-state index is 0.227. The van der Waals surface area contributed by atoms with Crippen molar-refractivity contribution in [1.29, 1.82) is 0 Å². The molecule has 1 aromatic carbocycles. The van der Waals surface area contributed by atoms with Crippen LogP contribution in [0.25, 0.3) is 0 Å². The lowest BCUT2D eigenvalue weighted by Crippen LogP contribution is -2.09. The van der Waals surface area contributed by atoms with Crippen LogP contribution in [-0.4, -0.2) is 14.9 Å². The Morgan fingerprint density at radius 3 is 2.57 bits per heavy atom. The predicted molar refractivity (Wildman–Crippen MR) is 72.7 cm³/mol. The molecule has 2 aromatic rings. The molecule has 0 saturated heterocycles. The number of aliphatic hydroxyl groups excluding tert-OH is 1. The third kappa shape index (κ3) is 3.64. The van der Waals surface area contributed by atoms with Crippen molar-refractivity contribution in [2.24, 2.45) is 7.05 Å². The molecular formula is C15H17F3N2O. The van der Waals surface area contributed by atoms with Gasteiger partial charge in [-0.05, 0) is 30.2 Å². The van der Waals surface area contributed by atoms with Gasteiger partial charge in [0.15, 0.2) is 0 Å². The molecule has 0 spiro atoms. The van der Waals surface area contributed by atoms with Crippen LogP contribution in [0.2, 0.25) is 0 Å². The van der Waals surface area contributed by atoms with Gasteiger partial charge in [0, 0.05) is 19.2 Å². The molecule has 1 aromatic heterocycles. The van der Waals surface area contributed by atoms with Crippen molar-refractivity contribution in [2.45, 2.75) is 32.0 Å². The number of aryl methyl sites for hydroxylation is 2. The monoisotopic (exact) mass is 298 g/mol. The molecule has 21 heavy (non-hydrogen) atoms. The average molecular weight is 298 g/mol. The lowest BCUT2D eigenvalue weighted by atomic mass is 10.0. The van der Waals surface area contributed by atoms with Gasteiger partial charge in [0.05, 0.1) is 17.4 Å². The summed E-state index contributed by atoms with van der Waals surface area (Å²) in [6.07, 6.45) is -4.40. The summed E-state index contributed by atoms with van der Waals surface area (Å²) in [6.45, 7) is 1.97. The minimum atomic E-state index is -4.41. The van der Waals surface area contributed by atoms with Crippen LogP contribution in [0.5, 0.6) is 0 Å². The maximum atomic E-state index is 12.7. The number of hydrogen-bond acceptors (Lipinski definition) is 2. The van der Waals surface area contributed by atoms with Crippen molar-refractivity contribution in [3.63, 3.8) is 0 Å². The first-order valence-corrected chi connectivity index (χ1v) is 6.68. The molecule has 0 amide bonds. The van der Waals surface area contributed by atoms with Crippen LogP contribution < -0.4 is 0 Å². The maximum Gasteiger partial charge on any atom is 0.416 e. The summed E-state index contributed by atoms with van der Waals surface area (Å²) in [7, 11) is 1.76. The van der Waals surface area contributed by atoms with E-state index in [1.165, 1.54) is 12.1 Å². The van der Waals surface area contributed by atoms with Crippen LogP contribution in [0.1, 0.15) is 35.5 Å². The first-order valence-electron chi connectivity index (χ1n) is 6.68. The summed E-state index contributed by atoms with van der Waals surface area (Å²) in [5.74, 6) is 0. The molecule has 1 N–H and O–H groups in total. The largest absolute Gasteiger partial charge is 0.416 e. The Bertz CT molecular complexity index is 620. The molecule has 3 nitrogen and oxygen atoms in total. The van der Waals surface area contributed by atoms with Gasteiger partial charge in [-0.15, -0.1) is 0 Å². The highest BCUT2D eigenvalue weighted by atomic mass is 19.4. The van der Waals surface area contributed by atoms with Gasteiger partial charge < -0.3 is 5.11 Å². The molecule has 0 saturated carbocycles. The highest BCUT2D eigenvalue weighted by molar-refractivity contribution is 5.28.